The summed E-state index contributed by atoms with van der Waals surface area (Å²) in [6.07, 6.45) is 0. The van der Waals surface area contributed by atoms with E-state index < -0.39 is 11.7 Å². The molecule has 0 atom stereocenters. The van der Waals surface area contributed by atoms with Gasteiger partial charge in [0.1, 0.15) is 5.82 Å². The molecule has 0 aliphatic carbocycles. The molecule has 94 valence electrons. The Balaban J connectivity index is 2.26. The van der Waals surface area contributed by atoms with Gasteiger partial charge in [0.05, 0.1) is 17.3 Å². The monoisotopic (exact) mass is 318 g/mol. The Hall–Kier alpha value is -2.19. The third-order valence-corrected chi connectivity index (χ3v) is 3.12. The number of nitrogens with zero attached hydrogens (tertiary/aromatic N) is 1. The number of hydrogen-bond acceptors (Lipinski definition) is 2. The first-order valence-electron chi connectivity index (χ1n) is 5.37. The van der Waals surface area contributed by atoms with Crippen LogP contribution in [0.15, 0.2) is 46.9 Å². The molecular formula is C14H8BrFN2O. The third kappa shape index (κ3) is 3.18. The van der Waals surface area contributed by atoms with Crippen molar-refractivity contribution < 1.29 is 9.18 Å². The van der Waals surface area contributed by atoms with Gasteiger partial charge in [-0.05, 0) is 52.3 Å². The number of amides is 1. The lowest BCUT2D eigenvalue weighted by molar-refractivity contribution is 0.102. The summed E-state index contributed by atoms with van der Waals surface area (Å²) in [5, 5.41) is 11.4. The summed E-state index contributed by atoms with van der Waals surface area (Å²) in [5.74, 6) is -0.840. The molecule has 0 saturated heterocycles. The van der Waals surface area contributed by atoms with Crippen molar-refractivity contribution in [2.75, 3.05) is 5.32 Å². The number of rotatable bonds is 2. The van der Waals surface area contributed by atoms with Crippen molar-refractivity contribution in [3.05, 3.63) is 63.9 Å². The summed E-state index contributed by atoms with van der Waals surface area (Å²) in [7, 11) is 0. The van der Waals surface area contributed by atoms with Crippen LogP contribution in [0.25, 0.3) is 0 Å². The summed E-state index contributed by atoms with van der Waals surface area (Å²) >= 11 is 3.23. The number of benzene rings is 2. The Bertz CT molecular complexity index is 679. The van der Waals surface area contributed by atoms with Crippen molar-refractivity contribution >= 4 is 27.5 Å². The second kappa shape index (κ2) is 5.63. The zero-order valence-electron chi connectivity index (χ0n) is 9.65. The van der Waals surface area contributed by atoms with Crippen LogP contribution in [0.1, 0.15) is 15.9 Å². The lowest BCUT2D eigenvalue weighted by atomic mass is 10.1. The average Bonchev–Trinajstić information content (AvgIpc) is 2.43. The first kappa shape index (κ1) is 13.2. The number of nitriles is 1. The van der Waals surface area contributed by atoms with Crippen LogP contribution in [0.2, 0.25) is 0 Å². The molecule has 0 heterocycles. The Kier molecular flexibility index (Phi) is 3.93. The van der Waals surface area contributed by atoms with Gasteiger partial charge in [0.25, 0.3) is 5.91 Å². The Labute approximate surface area is 117 Å². The predicted octanol–water partition coefficient (Wildman–Crippen LogP) is 3.71. The van der Waals surface area contributed by atoms with Crippen LogP contribution >= 0.6 is 15.9 Å². The van der Waals surface area contributed by atoms with Crippen molar-refractivity contribution in [1.82, 2.24) is 0 Å². The lowest BCUT2D eigenvalue weighted by Gasteiger charge is -2.07. The van der Waals surface area contributed by atoms with Crippen LogP contribution in [0.3, 0.4) is 0 Å². The summed E-state index contributed by atoms with van der Waals surface area (Å²) in [4.78, 5) is 12.0. The standard InChI is InChI=1S/C14H8BrFN2O/c15-12-5-4-11(16)7-13(12)18-14(19)10-3-1-2-9(6-10)8-17/h1-7H,(H,18,19). The molecule has 0 fully saturated rings. The molecule has 0 aliphatic rings. The molecule has 0 aromatic heterocycles. The average molecular weight is 319 g/mol. The van der Waals surface area contributed by atoms with Gasteiger partial charge in [-0.3, -0.25) is 4.79 Å². The van der Waals surface area contributed by atoms with E-state index in [-0.39, 0.29) is 0 Å². The van der Waals surface area contributed by atoms with E-state index in [9.17, 15) is 9.18 Å². The molecule has 0 spiro atoms. The maximum atomic E-state index is 13.1. The van der Waals surface area contributed by atoms with Gasteiger partial charge in [-0.1, -0.05) is 6.07 Å². The highest BCUT2D eigenvalue weighted by atomic mass is 79.9. The Morgan fingerprint density at radius 3 is 2.79 bits per heavy atom. The van der Waals surface area contributed by atoms with Gasteiger partial charge in [-0.2, -0.15) is 5.26 Å². The molecule has 19 heavy (non-hydrogen) atoms. The van der Waals surface area contributed by atoms with E-state index in [4.69, 9.17) is 5.26 Å². The normalized spacial score (nSPS) is 9.74. The molecule has 0 radical (unpaired) electrons. The Morgan fingerprint density at radius 2 is 2.05 bits per heavy atom. The minimum Gasteiger partial charge on any atom is -0.321 e. The van der Waals surface area contributed by atoms with E-state index in [1.54, 1.807) is 18.2 Å². The Morgan fingerprint density at radius 1 is 1.26 bits per heavy atom. The molecule has 2 aromatic rings. The van der Waals surface area contributed by atoms with Crippen molar-refractivity contribution in [3.8, 4) is 6.07 Å². The fourth-order valence-corrected chi connectivity index (χ4v) is 1.86. The van der Waals surface area contributed by atoms with Crippen molar-refractivity contribution in [3.63, 3.8) is 0 Å². The second-order valence-electron chi connectivity index (χ2n) is 3.77. The highest BCUT2D eigenvalue weighted by molar-refractivity contribution is 9.10. The zero-order chi connectivity index (χ0) is 13.8. The van der Waals surface area contributed by atoms with Gasteiger partial charge >= 0.3 is 0 Å². The van der Waals surface area contributed by atoms with Gasteiger partial charge in [0, 0.05) is 10.0 Å². The largest absolute Gasteiger partial charge is 0.321 e. The van der Waals surface area contributed by atoms with E-state index in [1.165, 1.54) is 24.3 Å². The van der Waals surface area contributed by atoms with E-state index in [1.807, 2.05) is 6.07 Å². The van der Waals surface area contributed by atoms with Gasteiger partial charge in [0.15, 0.2) is 0 Å². The zero-order valence-corrected chi connectivity index (χ0v) is 11.2. The van der Waals surface area contributed by atoms with Crippen molar-refractivity contribution in [2.24, 2.45) is 0 Å². The lowest BCUT2D eigenvalue weighted by Crippen LogP contribution is -2.12. The molecule has 0 bridgehead atoms. The van der Waals surface area contributed by atoms with Gasteiger partial charge in [0.2, 0.25) is 0 Å². The maximum absolute atomic E-state index is 13.1. The highest BCUT2D eigenvalue weighted by Crippen LogP contribution is 2.23. The molecule has 0 saturated carbocycles. The number of halogens is 2. The van der Waals surface area contributed by atoms with E-state index in [0.717, 1.165) is 0 Å². The van der Waals surface area contributed by atoms with Crippen LogP contribution in [0.4, 0.5) is 10.1 Å². The number of nitrogens with one attached hydrogen (secondary N) is 1. The van der Waals surface area contributed by atoms with E-state index in [0.29, 0.717) is 21.3 Å². The van der Waals surface area contributed by atoms with Crippen LogP contribution in [0, 0.1) is 17.1 Å². The number of anilines is 1. The molecule has 1 amide bonds. The fraction of sp³-hybridized carbons (Fsp3) is 0. The number of hydrogen-bond donors (Lipinski definition) is 1. The van der Waals surface area contributed by atoms with Gasteiger partial charge in [-0.25, -0.2) is 4.39 Å². The van der Waals surface area contributed by atoms with Crippen molar-refractivity contribution in [1.29, 1.82) is 5.26 Å². The smallest absolute Gasteiger partial charge is 0.255 e. The van der Waals surface area contributed by atoms with Crippen LogP contribution in [-0.4, -0.2) is 5.91 Å². The molecule has 0 aliphatic heterocycles. The fourth-order valence-electron chi connectivity index (χ4n) is 1.52. The first-order chi connectivity index (χ1) is 9.10. The summed E-state index contributed by atoms with van der Waals surface area (Å²) < 4.78 is 13.7. The van der Waals surface area contributed by atoms with Crippen LogP contribution < -0.4 is 5.32 Å². The maximum Gasteiger partial charge on any atom is 0.255 e. The SMILES string of the molecule is N#Cc1cccc(C(=O)Nc2cc(F)ccc2Br)c1. The molecule has 2 rings (SSSR count). The third-order valence-electron chi connectivity index (χ3n) is 2.43. The summed E-state index contributed by atoms with van der Waals surface area (Å²) in [6, 6.07) is 12.3. The highest BCUT2D eigenvalue weighted by Gasteiger charge is 2.09. The van der Waals surface area contributed by atoms with Gasteiger partial charge in [-0.15, -0.1) is 0 Å². The second-order valence-corrected chi connectivity index (χ2v) is 4.63. The first-order valence-corrected chi connectivity index (χ1v) is 6.16. The molecular weight excluding hydrogens is 311 g/mol. The number of carbonyl (C=O) groups excluding carboxylic acids is 1. The molecule has 0 unspecified atom stereocenters. The quantitative estimate of drug-likeness (QED) is 0.917. The summed E-state index contributed by atoms with van der Waals surface area (Å²) in [5.41, 5.74) is 1.08. The minimum atomic E-state index is -0.440. The molecule has 5 heteroatoms. The molecule has 1 N–H and O–H groups in total. The van der Waals surface area contributed by atoms with Crippen molar-refractivity contribution in [2.45, 2.75) is 0 Å². The number of carbonyl (C=O) groups is 1. The minimum absolute atomic E-state index is 0.340. The summed E-state index contributed by atoms with van der Waals surface area (Å²) in [6.45, 7) is 0. The molecule has 2 aromatic carbocycles. The van der Waals surface area contributed by atoms with Crippen LogP contribution in [-0.2, 0) is 0 Å². The van der Waals surface area contributed by atoms with Gasteiger partial charge < -0.3 is 5.32 Å². The van der Waals surface area contributed by atoms with E-state index >= 15 is 0 Å². The molecule has 3 nitrogen and oxygen atoms in total. The van der Waals surface area contributed by atoms with E-state index in [2.05, 4.69) is 21.2 Å². The topological polar surface area (TPSA) is 52.9 Å². The predicted molar refractivity (Wildman–Crippen MR) is 73.2 cm³/mol. The van der Waals surface area contributed by atoms with Crippen LogP contribution in [0.5, 0.6) is 0 Å².